The molecule has 232 valence electrons. The highest BCUT2D eigenvalue weighted by molar-refractivity contribution is 4.95. The number of rotatable bonds is 13. The molecular weight excluding hydrogens is 470 g/mol. The third-order valence-electron chi connectivity index (χ3n) is 13.8. The van der Waals surface area contributed by atoms with Gasteiger partial charge in [0.05, 0.1) is 24.7 Å². The maximum Gasteiger partial charge on any atom is 0.0896 e. The third-order valence-corrected chi connectivity index (χ3v) is 13.8. The van der Waals surface area contributed by atoms with Crippen molar-refractivity contribution in [3.8, 4) is 0 Å². The van der Waals surface area contributed by atoms with E-state index in [1.807, 2.05) is 0 Å². The normalized spacial score (nSPS) is 37.5. The first-order chi connectivity index (χ1) is 18.3. The van der Waals surface area contributed by atoms with Gasteiger partial charge in [0.25, 0.3) is 0 Å². The minimum absolute atomic E-state index is 0.508. The Morgan fingerprint density at radius 1 is 0.821 bits per heavy atom. The van der Waals surface area contributed by atoms with Gasteiger partial charge in [-0.05, 0) is 107 Å². The van der Waals surface area contributed by atoms with Crippen molar-refractivity contribution in [3.63, 3.8) is 0 Å². The summed E-state index contributed by atoms with van der Waals surface area (Å²) in [6.45, 7) is 34.7. The lowest BCUT2D eigenvalue weighted by atomic mass is 9.59. The van der Waals surface area contributed by atoms with Gasteiger partial charge < -0.3 is 4.48 Å². The zero-order valence-corrected chi connectivity index (χ0v) is 29.5. The van der Waals surface area contributed by atoms with Crippen LogP contribution in [0.4, 0.5) is 0 Å². The van der Waals surface area contributed by atoms with E-state index in [2.05, 4.69) is 90.0 Å². The fraction of sp³-hybridized carbons (Fsp3) is 1.00. The van der Waals surface area contributed by atoms with Gasteiger partial charge in [0.2, 0.25) is 0 Å². The van der Waals surface area contributed by atoms with E-state index in [1.165, 1.54) is 88.1 Å². The maximum absolute atomic E-state index is 2.67. The number of hydrogen-bond donors (Lipinski definition) is 0. The van der Waals surface area contributed by atoms with Gasteiger partial charge in [-0.15, -0.1) is 0 Å². The molecule has 0 saturated carbocycles. The van der Waals surface area contributed by atoms with E-state index in [4.69, 9.17) is 0 Å². The Bertz CT molecular complexity index is 682. The van der Waals surface area contributed by atoms with Gasteiger partial charge in [0.15, 0.2) is 0 Å². The maximum atomic E-state index is 2.67. The van der Waals surface area contributed by atoms with Gasteiger partial charge in [0.1, 0.15) is 0 Å². The molecule has 11 atom stereocenters. The molecule has 2 heterocycles. The number of quaternary nitrogens is 1. The lowest BCUT2D eigenvalue weighted by Crippen LogP contribution is -2.62. The molecule has 1 heteroatoms. The highest BCUT2D eigenvalue weighted by Gasteiger charge is 2.56. The second-order valence-corrected chi connectivity index (χ2v) is 16.1. The first kappa shape index (κ1) is 35.2. The standard InChI is InChI=1S/C38H76N/c1-14-20-35-24-38(28(7)8,25-36(29(9)15-2)23-34(17-4)27(5)6)22-19-18-21-31(11)39(30(10)16-3)26-37(35)32(12)33(39)13/h27-37H,14-26H2,1-13H3/q+1. The van der Waals surface area contributed by atoms with Crippen LogP contribution in [0.5, 0.6) is 0 Å². The molecule has 0 aromatic carbocycles. The molecule has 0 amide bonds. The van der Waals surface area contributed by atoms with E-state index in [9.17, 15) is 0 Å². The number of hydrogen-bond acceptors (Lipinski definition) is 0. The van der Waals surface area contributed by atoms with Gasteiger partial charge in [-0.2, -0.15) is 0 Å². The topological polar surface area (TPSA) is 0 Å². The Labute approximate surface area is 248 Å². The Balaban J connectivity index is 2.56. The van der Waals surface area contributed by atoms with Crippen molar-refractivity contribution in [1.29, 1.82) is 0 Å². The van der Waals surface area contributed by atoms with E-state index in [0.29, 0.717) is 5.41 Å². The predicted octanol–water partition coefficient (Wildman–Crippen LogP) is 11.8. The zero-order chi connectivity index (χ0) is 29.5. The number of nitrogens with zero attached hydrogens (tertiary/aromatic N) is 1. The highest BCUT2D eigenvalue weighted by Crippen LogP contribution is 2.54. The Kier molecular flexibility index (Phi) is 13.9. The minimum Gasteiger partial charge on any atom is -0.317 e. The second-order valence-electron chi connectivity index (χ2n) is 16.1. The SMILES string of the molecule is CCCC1CC(CC(CC(CC)C(C)C)C(C)CC)(C(C)C)CCCCC(C)[N+]2(C(C)CC)CC1C(C)C2C. The average Bonchev–Trinajstić information content (AvgIpc) is 3.16. The van der Waals surface area contributed by atoms with Crippen molar-refractivity contribution >= 4 is 0 Å². The molecule has 0 aromatic heterocycles. The smallest absolute Gasteiger partial charge is 0.0896 e. The van der Waals surface area contributed by atoms with E-state index < -0.39 is 0 Å². The van der Waals surface area contributed by atoms with E-state index in [0.717, 1.165) is 65.5 Å². The molecule has 39 heavy (non-hydrogen) atoms. The fourth-order valence-corrected chi connectivity index (χ4v) is 10.2. The fourth-order valence-electron chi connectivity index (χ4n) is 10.2. The van der Waals surface area contributed by atoms with Crippen LogP contribution in [0.3, 0.4) is 0 Å². The van der Waals surface area contributed by atoms with Crippen LogP contribution in [0, 0.1) is 52.8 Å². The predicted molar refractivity (Wildman–Crippen MR) is 176 cm³/mol. The molecule has 2 aliphatic heterocycles. The van der Waals surface area contributed by atoms with E-state index >= 15 is 0 Å². The third kappa shape index (κ3) is 7.68. The molecular formula is C38H76N+. The molecule has 0 spiro atoms. The van der Waals surface area contributed by atoms with Crippen molar-refractivity contribution in [2.45, 2.75) is 185 Å². The van der Waals surface area contributed by atoms with Gasteiger partial charge in [-0.1, -0.05) is 101 Å². The molecule has 2 bridgehead atoms. The monoisotopic (exact) mass is 547 g/mol. The summed E-state index contributed by atoms with van der Waals surface area (Å²) in [5.74, 6) is 6.84. The summed E-state index contributed by atoms with van der Waals surface area (Å²) in [7, 11) is 0. The van der Waals surface area contributed by atoms with Crippen LogP contribution in [-0.4, -0.2) is 29.2 Å². The largest absolute Gasteiger partial charge is 0.317 e. The molecule has 2 saturated heterocycles. The summed E-state index contributed by atoms with van der Waals surface area (Å²) in [4.78, 5) is 0. The van der Waals surface area contributed by atoms with Crippen LogP contribution >= 0.6 is 0 Å². The molecule has 2 aliphatic rings. The molecule has 2 fully saturated rings. The Morgan fingerprint density at radius 3 is 2.00 bits per heavy atom. The summed E-state index contributed by atoms with van der Waals surface area (Å²) in [5, 5.41) is 0. The van der Waals surface area contributed by atoms with Crippen LogP contribution in [-0.2, 0) is 0 Å². The summed E-state index contributed by atoms with van der Waals surface area (Å²) >= 11 is 0. The molecule has 11 unspecified atom stereocenters. The van der Waals surface area contributed by atoms with E-state index in [1.54, 1.807) is 0 Å². The first-order valence-corrected chi connectivity index (χ1v) is 18.2. The molecule has 0 aliphatic carbocycles. The summed E-state index contributed by atoms with van der Waals surface area (Å²) in [6.07, 6.45) is 17.1. The Morgan fingerprint density at radius 2 is 1.49 bits per heavy atom. The quantitative estimate of drug-likeness (QED) is 0.201. The zero-order valence-electron chi connectivity index (χ0n) is 29.5. The van der Waals surface area contributed by atoms with Gasteiger partial charge in [-0.25, -0.2) is 0 Å². The summed E-state index contributed by atoms with van der Waals surface area (Å²) in [5.41, 5.74) is 0.508. The second kappa shape index (κ2) is 15.4. The molecule has 0 aromatic rings. The lowest BCUT2D eigenvalue weighted by Gasteiger charge is -2.49. The van der Waals surface area contributed by atoms with Crippen molar-refractivity contribution in [1.82, 2.24) is 0 Å². The lowest BCUT2D eigenvalue weighted by molar-refractivity contribution is -0.982. The first-order valence-electron chi connectivity index (χ1n) is 18.2. The van der Waals surface area contributed by atoms with Crippen LogP contribution in [0.15, 0.2) is 0 Å². The van der Waals surface area contributed by atoms with Gasteiger partial charge in [-0.3, -0.25) is 0 Å². The van der Waals surface area contributed by atoms with Crippen LogP contribution in [0.1, 0.15) is 167 Å². The molecule has 0 radical (unpaired) electrons. The van der Waals surface area contributed by atoms with Crippen LogP contribution in [0.25, 0.3) is 0 Å². The van der Waals surface area contributed by atoms with Crippen molar-refractivity contribution in [2.24, 2.45) is 52.8 Å². The van der Waals surface area contributed by atoms with Crippen molar-refractivity contribution in [3.05, 3.63) is 0 Å². The highest BCUT2D eigenvalue weighted by atomic mass is 15.4. The van der Waals surface area contributed by atoms with Crippen molar-refractivity contribution < 1.29 is 4.48 Å². The minimum atomic E-state index is 0.508. The molecule has 2 rings (SSSR count). The van der Waals surface area contributed by atoms with Gasteiger partial charge >= 0.3 is 0 Å². The van der Waals surface area contributed by atoms with Crippen LogP contribution in [0.2, 0.25) is 0 Å². The average molecular weight is 547 g/mol. The molecule has 0 N–H and O–H groups in total. The number of fused-ring (bicyclic) bond motifs is 2. The van der Waals surface area contributed by atoms with Crippen molar-refractivity contribution in [2.75, 3.05) is 6.54 Å². The summed E-state index contributed by atoms with van der Waals surface area (Å²) < 4.78 is 1.42. The Hall–Kier alpha value is -0.0400. The molecule has 1 nitrogen and oxygen atoms in total. The van der Waals surface area contributed by atoms with Crippen LogP contribution < -0.4 is 0 Å². The van der Waals surface area contributed by atoms with Gasteiger partial charge in [0, 0.05) is 11.8 Å². The van der Waals surface area contributed by atoms with E-state index in [-0.39, 0.29) is 0 Å². The summed E-state index contributed by atoms with van der Waals surface area (Å²) in [6, 6.07) is 2.40.